The van der Waals surface area contributed by atoms with Crippen molar-refractivity contribution in [3.63, 3.8) is 0 Å². The van der Waals surface area contributed by atoms with Crippen molar-refractivity contribution in [3.05, 3.63) is 35.4 Å². The molecular formula is C8H7ClN2O. The van der Waals surface area contributed by atoms with E-state index >= 15 is 0 Å². The molecule has 0 aliphatic rings. The van der Waals surface area contributed by atoms with Gasteiger partial charge in [-0.1, -0.05) is 18.2 Å². The average molecular weight is 183 g/mol. The number of nitrogen functional groups attached to an aromatic ring is 1. The minimum absolute atomic E-state index is 0.153. The molecule has 0 aromatic heterocycles. The first-order chi connectivity index (χ1) is 5.63. The van der Waals surface area contributed by atoms with Gasteiger partial charge in [0.1, 0.15) is 5.84 Å². The maximum Gasteiger partial charge on any atom is 0.253 e. The van der Waals surface area contributed by atoms with Gasteiger partial charge in [-0.25, -0.2) is 0 Å². The molecule has 3 N–H and O–H groups in total. The molecule has 0 fully saturated rings. The maximum absolute atomic E-state index is 10.8. The Bertz CT molecular complexity index is 303. The number of nitrogens with one attached hydrogen (secondary N) is 1. The molecule has 0 unspecified atom stereocenters. The summed E-state index contributed by atoms with van der Waals surface area (Å²) in [7, 11) is 0. The highest BCUT2D eigenvalue weighted by Gasteiger charge is 2.08. The Morgan fingerprint density at radius 3 is 2.17 bits per heavy atom. The van der Waals surface area contributed by atoms with Gasteiger partial charge in [0.05, 0.1) is 0 Å². The van der Waals surface area contributed by atoms with Gasteiger partial charge >= 0.3 is 0 Å². The third kappa shape index (κ3) is 1.62. The smallest absolute Gasteiger partial charge is 0.253 e. The first-order valence-electron chi connectivity index (χ1n) is 3.26. The lowest BCUT2D eigenvalue weighted by Gasteiger charge is -2.01. The second-order valence-electron chi connectivity index (χ2n) is 2.23. The fourth-order valence-electron chi connectivity index (χ4n) is 0.889. The molecular weight excluding hydrogens is 176 g/mol. The van der Waals surface area contributed by atoms with E-state index < -0.39 is 5.24 Å². The molecule has 0 heterocycles. The van der Waals surface area contributed by atoms with E-state index in [9.17, 15) is 4.79 Å². The summed E-state index contributed by atoms with van der Waals surface area (Å²) in [4.78, 5) is 10.8. The summed E-state index contributed by atoms with van der Waals surface area (Å²) in [6.45, 7) is 0. The topological polar surface area (TPSA) is 66.9 Å². The van der Waals surface area contributed by atoms with Crippen LogP contribution >= 0.6 is 11.6 Å². The fourth-order valence-corrected chi connectivity index (χ4v) is 1.05. The van der Waals surface area contributed by atoms with Crippen LogP contribution in [0, 0.1) is 5.41 Å². The van der Waals surface area contributed by atoms with Gasteiger partial charge in [0, 0.05) is 11.1 Å². The van der Waals surface area contributed by atoms with Crippen molar-refractivity contribution >= 4 is 22.7 Å². The molecule has 4 heteroatoms. The largest absolute Gasteiger partial charge is 0.384 e. The maximum atomic E-state index is 10.8. The number of rotatable bonds is 2. The van der Waals surface area contributed by atoms with E-state index in [1.54, 1.807) is 18.2 Å². The zero-order valence-electron chi connectivity index (χ0n) is 6.17. The number of halogens is 1. The molecule has 0 saturated heterocycles. The fraction of sp³-hybridized carbons (Fsp3) is 0. The van der Waals surface area contributed by atoms with Gasteiger partial charge in [0.25, 0.3) is 5.24 Å². The molecule has 0 aliphatic carbocycles. The van der Waals surface area contributed by atoms with Crippen LogP contribution in [0.2, 0.25) is 0 Å². The second-order valence-corrected chi connectivity index (χ2v) is 2.58. The van der Waals surface area contributed by atoms with Gasteiger partial charge in [-0.3, -0.25) is 10.2 Å². The van der Waals surface area contributed by atoms with E-state index in [-0.39, 0.29) is 11.4 Å². The van der Waals surface area contributed by atoms with Crippen molar-refractivity contribution in [2.45, 2.75) is 0 Å². The summed E-state index contributed by atoms with van der Waals surface area (Å²) in [5.74, 6) is -0.153. The highest BCUT2D eigenvalue weighted by atomic mass is 35.5. The van der Waals surface area contributed by atoms with Gasteiger partial charge in [0.15, 0.2) is 0 Å². The molecule has 62 valence electrons. The highest BCUT2D eigenvalue weighted by molar-refractivity contribution is 6.68. The predicted molar refractivity (Wildman–Crippen MR) is 47.6 cm³/mol. The van der Waals surface area contributed by atoms with Crippen molar-refractivity contribution in [2.24, 2.45) is 5.73 Å². The van der Waals surface area contributed by atoms with Crippen LogP contribution in [0.15, 0.2) is 24.3 Å². The zero-order valence-corrected chi connectivity index (χ0v) is 6.93. The minimum atomic E-state index is -0.596. The Morgan fingerprint density at radius 2 is 1.83 bits per heavy atom. The lowest BCUT2D eigenvalue weighted by Crippen LogP contribution is -2.14. The van der Waals surface area contributed by atoms with E-state index in [2.05, 4.69) is 0 Å². The number of amidine groups is 1. The van der Waals surface area contributed by atoms with Gasteiger partial charge in [-0.2, -0.15) is 0 Å². The second kappa shape index (κ2) is 3.36. The van der Waals surface area contributed by atoms with E-state index in [0.717, 1.165) is 0 Å². The zero-order chi connectivity index (χ0) is 9.14. The van der Waals surface area contributed by atoms with Crippen LogP contribution < -0.4 is 5.73 Å². The molecule has 1 aromatic carbocycles. The first kappa shape index (κ1) is 8.74. The van der Waals surface area contributed by atoms with Gasteiger partial charge in [-0.15, -0.1) is 0 Å². The van der Waals surface area contributed by atoms with Crippen LogP contribution in [-0.4, -0.2) is 11.1 Å². The lowest BCUT2D eigenvalue weighted by atomic mass is 10.1. The summed E-state index contributed by atoms with van der Waals surface area (Å²) >= 11 is 5.26. The molecule has 0 aliphatic heterocycles. The third-order valence-electron chi connectivity index (χ3n) is 1.43. The summed E-state index contributed by atoms with van der Waals surface area (Å²) < 4.78 is 0. The molecule has 12 heavy (non-hydrogen) atoms. The average Bonchev–Trinajstić information content (AvgIpc) is 2.04. The van der Waals surface area contributed by atoms with Crippen molar-refractivity contribution in [3.8, 4) is 0 Å². The van der Waals surface area contributed by atoms with Crippen LogP contribution in [0.25, 0.3) is 0 Å². The number of hydrogen-bond acceptors (Lipinski definition) is 2. The Kier molecular flexibility index (Phi) is 2.45. The van der Waals surface area contributed by atoms with E-state index in [4.69, 9.17) is 22.7 Å². The number of hydrogen-bond donors (Lipinski definition) is 2. The Morgan fingerprint density at radius 1 is 1.33 bits per heavy atom. The van der Waals surface area contributed by atoms with Crippen LogP contribution in [0.3, 0.4) is 0 Å². The van der Waals surface area contributed by atoms with Crippen molar-refractivity contribution in [2.75, 3.05) is 0 Å². The van der Waals surface area contributed by atoms with Crippen LogP contribution in [-0.2, 0) is 0 Å². The van der Waals surface area contributed by atoms with Crippen molar-refractivity contribution in [1.82, 2.24) is 0 Å². The SMILES string of the molecule is N=C(N)c1ccccc1C(=O)Cl. The van der Waals surface area contributed by atoms with Crippen LogP contribution in [0.1, 0.15) is 15.9 Å². The quantitative estimate of drug-likeness (QED) is 0.412. The molecule has 1 rings (SSSR count). The van der Waals surface area contributed by atoms with Gasteiger partial charge < -0.3 is 5.73 Å². The molecule has 0 saturated carbocycles. The summed E-state index contributed by atoms with van der Waals surface area (Å²) in [5.41, 5.74) is 5.87. The summed E-state index contributed by atoms with van der Waals surface area (Å²) in [6.07, 6.45) is 0. The van der Waals surface area contributed by atoms with E-state index in [0.29, 0.717) is 5.56 Å². The molecule has 0 amide bonds. The molecule has 0 radical (unpaired) electrons. The van der Waals surface area contributed by atoms with Gasteiger partial charge in [0.2, 0.25) is 0 Å². The van der Waals surface area contributed by atoms with E-state index in [1.165, 1.54) is 6.07 Å². The number of carbonyl (C=O) groups excluding carboxylic acids is 1. The van der Waals surface area contributed by atoms with Crippen LogP contribution in [0.5, 0.6) is 0 Å². The summed E-state index contributed by atoms with van der Waals surface area (Å²) in [6, 6.07) is 6.48. The number of benzene rings is 1. The number of carbonyl (C=O) groups is 1. The minimum Gasteiger partial charge on any atom is -0.384 e. The Labute approximate surface area is 74.7 Å². The third-order valence-corrected chi connectivity index (χ3v) is 1.63. The molecule has 0 atom stereocenters. The standard InChI is InChI=1S/C8H7ClN2O/c9-7(12)5-3-1-2-4-6(5)8(10)11/h1-4H,(H3,10,11). The number of nitrogens with two attached hydrogens (primary N) is 1. The Balaban J connectivity index is 3.27. The molecule has 0 bridgehead atoms. The van der Waals surface area contributed by atoms with Crippen molar-refractivity contribution < 1.29 is 4.79 Å². The van der Waals surface area contributed by atoms with Crippen LogP contribution in [0.4, 0.5) is 0 Å². The van der Waals surface area contributed by atoms with E-state index in [1.807, 2.05) is 0 Å². The summed E-state index contributed by atoms with van der Waals surface area (Å²) in [5, 5.41) is 6.54. The molecule has 1 aromatic rings. The predicted octanol–water partition coefficient (Wildman–Crippen LogP) is 1.35. The van der Waals surface area contributed by atoms with Gasteiger partial charge in [-0.05, 0) is 17.7 Å². The highest BCUT2D eigenvalue weighted by Crippen LogP contribution is 2.10. The first-order valence-corrected chi connectivity index (χ1v) is 3.64. The lowest BCUT2D eigenvalue weighted by molar-refractivity contribution is 0.108. The van der Waals surface area contributed by atoms with Crippen molar-refractivity contribution in [1.29, 1.82) is 5.41 Å². The monoisotopic (exact) mass is 182 g/mol. The normalized spacial score (nSPS) is 9.42. The Hall–Kier alpha value is -1.35. The molecule has 3 nitrogen and oxygen atoms in total. The molecule has 0 spiro atoms.